The molecule has 0 aliphatic carbocycles. The maximum absolute atomic E-state index is 5.08. The Bertz CT molecular complexity index is 504. The second-order valence-electron chi connectivity index (χ2n) is 3.03. The minimum atomic E-state index is 0.605. The van der Waals surface area contributed by atoms with E-state index in [0.717, 1.165) is 15.8 Å². The third kappa shape index (κ3) is 2.22. The molecule has 0 fully saturated rings. The van der Waals surface area contributed by atoms with Crippen molar-refractivity contribution in [2.24, 2.45) is 0 Å². The van der Waals surface area contributed by atoms with Gasteiger partial charge in [0.1, 0.15) is 0 Å². The largest absolute Gasteiger partial charge is 0.481 e. The molecule has 2 aromatic heterocycles. The number of pyridine rings is 2. The molecule has 0 aliphatic heterocycles. The van der Waals surface area contributed by atoms with Crippen molar-refractivity contribution in [2.45, 2.75) is 0 Å². The summed E-state index contributed by atoms with van der Waals surface area (Å²) in [5, 5.41) is 0. The van der Waals surface area contributed by atoms with Crippen molar-refractivity contribution in [3.05, 3.63) is 41.2 Å². The topological polar surface area (TPSA) is 37.9 Å². The molecular formula is C11H10N2OS. The number of nitrogens with zero attached hydrogens (tertiary/aromatic N) is 1. The number of rotatable bonds is 2. The summed E-state index contributed by atoms with van der Waals surface area (Å²) in [4.78, 5) is 7.24. The van der Waals surface area contributed by atoms with Crippen LogP contribution < -0.4 is 4.74 Å². The summed E-state index contributed by atoms with van der Waals surface area (Å²) in [7, 11) is 1.60. The Hall–Kier alpha value is -1.68. The first-order valence-corrected chi connectivity index (χ1v) is 4.89. The van der Waals surface area contributed by atoms with E-state index in [1.165, 1.54) is 0 Å². The molecule has 1 N–H and O–H groups in total. The highest BCUT2D eigenvalue weighted by atomic mass is 32.1. The normalized spacial score (nSPS) is 9.93. The third-order valence-corrected chi connectivity index (χ3v) is 2.28. The van der Waals surface area contributed by atoms with E-state index in [1.54, 1.807) is 13.3 Å². The smallest absolute Gasteiger partial charge is 0.212 e. The average Bonchev–Trinajstić information content (AvgIpc) is 2.29. The molecule has 0 aromatic carbocycles. The van der Waals surface area contributed by atoms with Crippen molar-refractivity contribution >= 4 is 12.2 Å². The molecule has 0 amide bonds. The quantitative estimate of drug-likeness (QED) is 0.788. The van der Waals surface area contributed by atoms with Crippen LogP contribution in [0.5, 0.6) is 5.88 Å². The van der Waals surface area contributed by atoms with E-state index >= 15 is 0 Å². The molecule has 0 saturated heterocycles. The molecule has 0 spiro atoms. The first-order chi connectivity index (χ1) is 7.29. The number of H-pyrrole nitrogens is 1. The molecule has 76 valence electrons. The Labute approximate surface area is 92.8 Å². The van der Waals surface area contributed by atoms with Gasteiger partial charge in [-0.2, -0.15) is 0 Å². The van der Waals surface area contributed by atoms with Gasteiger partial charge < -0.3 is 9.72 Å². The van der Waals surface area contributed by atoms with Gasteiger partial charge in [-0.25, -0.2) is 4.98 Å². The van der Waals surface area contributed by atoms with Crippen LogP contribution in [0.2, 0.25) is 0 Å². The standard InChI is InChI=1S/C11H10N2OS/c1-14-11-3-2-8(7-13-11)10-6-9(15)4-5-12-10/h2-7H,1H3,(H,12,15). The molecule has 0 bridgehead atoms. The number of ether oxygens (including phenoxy) is 1. The lowest BCUT2D eigenvalue weighted by Crippen LogP contribution is -1.88. The fourth-order valence-corrected chi connectivity index (χ4v) is 1.46. The van der Waals surface area contributed by atoms with Crippen LogP contribution in [0.4, 0.5) is 0 Å². The zero-order valence-electron chi connectivity index (χ0n) is 8.23. The van der Waals surface area contributed by atoms with Crippen LogP contribution in [-0.2, 0) is 0 Å². The van der Waals surface area contributed by atoms with Gasteiger partial charge in [0.15, 0.2) is 0 Å². The summed E-state index contributed by atoms with van der Waals surface area (Å²) in [5.74, 6) is 0.605. The summed E-state index contributed by atoms with van der Waals surface area (Å²) < 4.78 is 5.79. The van der Waals surface area contributed by atoms with Crippen molar-refractivity contribution in [1.29, 1.82) is 0 Å². The number of nitrogens with one attached hydrogen (secondary N) is 1. The van der Waals surface area contributed by atoms with Gasteiger partial charge in [-0.1, -0.05) is 12.2 Å². The predicted octanol–water partition coefficient (Wildman–Crippen LogP) is 2.81. The zero-order chi connectivity index (χ0) is 10.7. The Kier molecular flexibility index (Phi) is 2.78. The Morgan fingerprint density at radius 1 is 1.33 bits per heavy atom. The summed E-state index contributed by atoms with van der Waals surface area (Å²) in [6, 6.07) is 7.50. The maximum atomic E-state index is 5.08. The Morgan fingerprint density at radius 3 is 2.80 bits per heavy atom. The monoisotopic (exact) mass is 218 g/mol. The van der Waals surface area contributed by atoms with Crippen molar-refractivity contribution < 1.29 is 4.74 Å². The van der Waals surface area contributed by atoms with E-state index in [-0.39, 0.29) is 0 Å². The van der Waals surface area contributed by atoms with Crippen LogP contribution in [0.3, 0.4) is 0 Å². The highest BCUT2D eigenvalue weighted by Gasteiger charge is 1.98. The molecule has 0 saturated carbocycles. The molecule has 2 heterocycles. The van der Waals surface area contributed by atoms with Gasteiger partial charge in [-0.15, -0.1) is 0 Å². The highest BCUT2D eigenvalue weighted by molar-refractivity contribution is 7.71. The summed E-state index contributed by atoms with van der Waals surface area (Å²) in [5.41, 5.74) is 1.94. The molecule has 15 heavy (non-hydrogen) atoms. The Balaban J connectivity index is 2.41. The maximum Gasteiger partial charge on any atom is 0.212 e. The molecule has 2 aromatic rings. The summed E-state index contributed by atoms with van der Waals surface area (Å²) >= 11 is 5.08. The predicted molar refractivity (Wildman–Crippen MR) is 61.4 cm³/mol. The van der Waals surface area contributed by atoms with Gasteiger partial charge in [0.25, 0.3) is 0 Å². The first-order valence-electron chi connectivity index (χ1n) is 4.49. The van der Waals surface area contributed by atoms with Crippen molar-refractivity contribution in [1.82, 2.24) is 9.97 Å². The van der Waals surface area contributed by atoms with E-state index in [4.69, 9.17) is 17.0 Å². The lowest BCUT2D eigenvalue weighted by atomic mass is 10.2. The van der Waals surface area contributed by atoms with E-state index in [0.29, 0.717) is 5.88 Å². The number of hydrogen-bond donors (Lipinski definition) is 1. The molecule has 0 radical (unpaired) electrons. The van der Waals surface area contributed by atoms with E-state index in [9.17, 15) is 0 Å². The fourth-order valence-electron chi connectivity index (χ4n) is 1.27. The van der Waals surface area contributed by atoms with E-state index < -0.39 is 0 Å². The molecule has 0 unspecified atom stereocenters. The van der Waals surface area contributed by atoms with Gasteiger partial charge in [-0.3, -0.25) is 0 Å². The second kappa shape index (κ2) is 4.23. The zero-order valence-corrected chi connectivity index (χ0v) is 9.04. The summed E-state index contributed by atoms with van der Waals surface area (Å²) in [6.07, 6.45) is 3.57. The van der Waals surface area contributed by atoms with Crippen LogP contribution in [0.1, 0.15) is 0 Å². The highest BCUT2D eigenvalue weighted by Crippen LogP contribution is 2.17. The second-order valence-corrected chi connectivity index (χ2v) is 3.50. The molecule has 4 heteroatoms. The van der Waals surface area contributed by atoms with Crippen LogP contribution >= 0.6 is 12.2 Å². The average molecular weight is 218 g/mol. The minimum absolute atomic E-state index is 0.605. The van der Waals surface area contributed by atoms with E-state index in [1.807, 2.05) is 30.5 Å². The summed E-state index contributed by atoms with van der Waals surface area (Å²) in [6.45, 7) is 0. The molecule has 0 aliphatic rings. The lowest BCUT2D eigenvalue weighted by molar-refractivity contribution is 0.398. The van der Waals surface area contributed by atoms with E-state index in [2.05, 4.69) is 9.97 Å². The van der Waals surface area contributed by atoms with Crippen LogP contribution in [0.25, 0.3) is 11.3 Å². The number of aromatic amines is 1. The number of methoxy groups -OCH3 is 1. The van der Waals surface area contributed by atoms with Gasteiger partial charge in [0.2, 0.25) is 5.88 Å². The van der Waals surface area contributed by atoms with Crippen molar-refractivity contribution in [3.8, 4) is 17.1 Å². The van der Waals surface area contributed by atoms with Crippen molar-refractivity contribution in [2.75, 3.05) is 7.11 Å². The Morgan fingerprint density at radius 2 is 2.20 bits per heavy atom. The minimum Gasteiger partial charge on any atom is -0.481 e. The van der Waals surface area contributed by atoms with Gasteiger partial charge >= 0.3 is 0 Å². The number of hydrogen-bond acceptors (Lipinski definition) is 3. The van der Waals surface area contributed by atoms with Gasteiger partial charge in [0.05, 0.1) is 7.11 Å². The van der Waals surface area contributed by atoms with Crippen LogP contribution in [0.15, 0.2) is 36.7 Å². The fraction of sp³-hybridized carbons (Fsp3) is 0.0909. The lowest BCUT2D eigenvalue weighted by Gasteiger charge is -2.02. The van der Waals surface area contributed by atoms with Crippen molar-refractivity contribution in [3.63, 3.8) is 0 Å². The molecular weight excluding hydrogens is 208 g/mol. The molecule has 3 nitrogen and oxygen atoms in total. The SMILES string of the molecule is COc1ccc(-c2cc(=S)cc[nH]2)cn1. The third-order valence-electron chi connectivity index (χ3n) is 2.03. The molecule has 0 atom stereocenters. The van der Waals surface area contributed by atoms with Crippen LogP contribution in [-0.4, -0.2) is 17.1 Å². The number of aromatic nitrogens is 2. The van der Waals surface area contributed by atoms with Gasteiger partial charge in [-0.05, 0) is 18.2 Å². The van der Waals surface area contributed by atoms with Gasteiger partial charge in [0, 0.05) is 34.2 Å². The molecule has 2 rings (SSSR count). The van der Waals surface area contributed by atoms with Crippen LogP contribution in [0, 0.1) is 4.51 Å². The first kappa shape index (κ1) is 9.86.